The highest BCUT2D eigenvalue weighted by Crippen LogP contribution is 2.28. The van der Waals surface area contributed by atoms with E-state index in [1.807, 2.05) is 0 Å². The third kappa shape index (κ3) is 3.03. The molecule has 3 aliphatic rings. The van der Waals surface area contributed by atoms with Gasteiger partial charge in [0.25, 0.3) is 0 Å². The van der Waals surface area contributed by atoms with Crippen molar-refractivity contribution in [1.29, 1.82) is 0 Å². The zero-order chi connectivity index (χ0) is 11.5. The lowest BCUT2D eigenvalue weighted by molar-refractivity contribution is 0.149. The Balaban J connectivity index is 1.40. The molecule has 3 rings (SSSR count). The van der Waals surface area contributed by atoms with Crippen LogP contribution in [-0.2, 0) is 0 Å². The van der Waals surface area contributed by atoms with E-state index in [0.717, 1.165) is 17.9 Å². The van der Waals surface area contributed by atoms with Gasteiger partial charge in [-0.25, -0.2) is 0 Å². The molecule has 1 saturated carbocycles. The summed E-state index contributed by atoms with van der Waals surface area (Å²) in [4.78, 5) is 2.75. The van der Waals surface area contributed by atoms with Gasteiger partial charge in [0.15, 0.2) is 0 Å². The molecule has 0 radical (unpaired) electrons. The predicted octanol–water partition coefficient (Wildman–Crippen LogP) is 2.64. The predicted molar refractivity (Wildman–Crippen MR) is 72.1 cm³/mol. The van der Waals surface area contributed by atoms with Crippen LogP contribution >= 0.6 is 0 Å². The van der Waals surface area contributed by atoms with Crippen molar-refractivity contribution in [3.05, 3.63) is 0 Å². The van der Waals surface area contributed by atoms with Gasteiger partial charge < -0.3 is 10.2 Å². The van der Waals surface area contributed by atoms with E-state index in [1.54, 1.807) is 0 Å². The molecule has 2 heterocycles. The maximum absolute atomic E-state index is 3.66. The zero-order valence-corrected chi connectivity index (χ0v) is 11.2. The van der Waals surface area contributed by atoms with Gasteiger partial charge in [0.05, 0.1) is 0 Å². The third-order valence-corrected chi connectivity index (χ3v) is 5.32. The summed E-state index contributed by atoms with van der Waals surface area (Å²) >= 11 is 0. The molecule has 0 aromatic heterocycles. The van der Waals surface area contributed by atoms with Crippen molar-refractivity contribution in [3.63, 3.8) is 0 Å². The minimum atomic E-state index is 0.862. The summed E-state index contributed by atoms with van der Waals surface area (Å²) in [5.41, 5.74) is 0. The summed E-state index contributed by atoms with van der Waals surface area (Å²) in [5, 5.41) is 3.66. The van der Waals surface area contributed by atoms with Gasteiger partial charge in [-0.2, -0.15) is 0 Å². The van der Waals surface area contributed by atoms with Crippen LogP contribution in [-0.4, -0.2) is 37.1 Å². The second-order valence-electron chi connectivity index (χ2n) is 6.49. The second-order valence-corrected chi connectivity index (χ2v) is 6.49. The molecule has 17 heavy (non-hydrogen) atoms. The third-order valence-electron chi connectivity index (χ3n) is 5.32. The van der Waals surface area contributed by atoms with Crippen LogP contribution in [0.4, 0.5) is 0 Å². The first-order chi connectivity index (χ1) is 8.42. The number of piperidine rings is 1. The first-order valence-electron chi connectivity index (χ1n) is 7.87. The van der Waals surface area contributed by atoms with Crippen LogP contribution in [0.15, 0.2) is 0 Å². The van der Waals surface area contributed by atoms with Crippen molar-refractivity contribution < 1.29 is 0 Å². The highest BCUT2D eigenvalue weighted by molar-refractivity contribution is 4.90. The summed E-state index contributed by atoms with van der Waals surface area (Å²) < 4.78 is 0. The molecule has 1 aliphatic carbocycles. The van der Waals surface area contributed by atoms with Crippen LogP contribution in [0.5, 0.6) is 0 Å². The van der Waals surface area contributed by atoms with Gasteiger partial charge >= 0.3 is 0 Å². The van der Waals surface area contributed by atoms with E-state index in [1.165, 1.54) is 77.5 Å². The number of nitrogens with zero attached hydrogens (tertiary/aromatic N) is 1. The lowest BCUT2D eigenvalue weighted by Gasteiger charge is -2.35. The van der Waals surface area contributed by atoms with E-state index in [4.69, 9.17) is 0 Å². The van der Waals surface area contributed by atoms with Gasteiger partial charge in [-0.3, -0.25) is 0 Å². The van der Waals surface area contributed by atoms with Crippen LogP contribution in [0.2, 0.25) is 0 Å². The number of nitrogens with one attached hydrogen (secondary N) is 1. The van der Waals surface area contributed by atoms with Crippen molar-refractivity contribution in [2.75, 3.05) is 26.2 Å². The molecular weight excluding hydrogens is 208 g/mol. The van der Waals surface area contributed by atoms with Crippen LogP contribution in [0.3, 0.4) is 0 Å². The molecule has 0 aromatic rings. The summed E-state index contributed by atoms with van der Waals surface area (Å²) in [7, 11) is 0. The zero-order valence-electron chi connectivity index (χ0n) is 11.2. The molecule has 1 N–H and O–H groups in total. The molecule has 3 fully saturated rings. The number of rotatable bonds is 3. The van der Waals surface area contributed by atoms with E-state index in [9.17, 15) is 0 Å². The summed E-state index contributed by atoms with van der Waals surface area (Å²) in [6, 6.07) is 0.862. The lowest BCUT2D eigenvalue weighted by Crippen LogP contribution is -2.44. The van der Waals surface area contributed by atoms with Crippen molar-refractivity contribution in [3.8, 4) is 0 Å². The van der Waals surface area contributed by atoms with Gasteiger partial charge in [0.2, 0.25) is 0 Å². The number of hydrogen-bond acceptors (Lipinski definition) is 2. The molecular formula is C15H28N2. The number of fused-ring (bicyclic) bond motifs is 1. The Bertz CT molecular complexity index is 235. The standard InChI is InChI=1S/C15H28N2/c1-2-4-13(5-3-1)7-10-17-11-8-15-14(12-17)6-9-16-15/h13-16H,1-12H2. The average Bonchev–Trinajstić information content (AvgIpc) is 2.85. The molecule has 0 spiro atoms. The lowest BCUT2D eigenvalue weighted by atomic mass is 9.86. The normalized spacial score (nSPS) is 36.0. The van der Waals surface area contributed by atoms with Gasteiger partial charge in [-0.15, -0.1) is 0 Å². The van der Waals surface area contributed by atoms with E-state index in [-0.39, 0.29) is 0 Å². The van der Waals surface area contributed by atoms with E-state index in [0.29, 0.717) is 0 Å². The van der Waals surface area contributed by atoms with Crippen molar-refractivity contribution in [2.45, 2.75) is 57.4 Å². The van der Waals surface area contributed by atoms with Crippen LogP contribution in [0.1, 0.15) is 51.4 Å². The molecule has 0 aromatic carbocycles. The van der Waals surface area contributed by atoms with Crippen molar-refractivity contribution >= 4 is 0 Å². The first-order valence-corrected chi connectivity index (χ1v) is 7.87. The largest absolute Gasteiger partial charge is 0.314 e. The Morgan fingerprint density at radius 2 is 1.88 bits per heavy atom. The van der Waals surface area contributed by atoms with E-state index >= 15 is 0 Å². The molecule has 2 unspecified atom stereocenters. The fourth-order valence-corrected chi connectivity index (χ4v) is 4.17. The summed E-state index contributed by atoms with van der Waals surface area (Å²) in [6.07, 6.45) is 11.8. The second kappa shape index (κ2) is 5.71. The molecule has 2 aliphatic heterocycles. The van der Waals surface area contributed by atoms with Crippen LogP contribution in [0.25, 0.3) is 0 Å². The average molecular weight is 236 g/mol. The molecule has 0 bridgehead atoms. The molecule has 2 heteroatoms. The summed E-state index contributed by atoms with van der Waals surface area (Å²) in [5.74, 6) is 2.03. The minimum absolute atomic E-state index is 0.862. The maximum atomic E-state index is 3.66. The molecule has 0 amide bonds. The van der Waals surface area contributed by atoms with Crippen molar-refractivity contribution in [2.24, 2.45) is 11.8 Å². The molecule has 2 nitrogen and oxygen atoms in total. The van der Waals surface area contributed by atoms with Gasteiger partial charge in [0.1, 0.15) is 0 Å². The SMILES string of the molecule is C1CCC(CCN2CCC3NCCC3C2)CC1. The fraction of sp³-hybridized carbons (Fsp3) is 1.00. The Morgan fingerprint density at radius 3 is 2.76 bits per heavy atom. The van der Waals surface area contributed by atoms with Gasteiger partial charge in [0, 0.05) is 12.6 Å². The quantitative estimate of drug-likeness (QED) is 0.810. The first kappa shape index (κ1) is 12.0. The van der Waals surface area contributed by atoms with Gasteiger partial charge in [-0.1, -0.05) is 32.1 Å². The van der Waals surface area contributed by atoms with E-state index < -0.39 is 0 Å². The highest BCUT2D eigenvalue weighted by Gasteiger charge is 2.32. The number of hydrogen-bond donors (Lipinski definition) is 1. The summed E-state index contributed by atoms with van der Waals surface area (Å²) in [6.45, 7) is 5.38. The minimum Gasteiger partial charge on any atom is -0.314 e. The molecule has 98 valence electrons. The Kier molecular flexibility index (Phi) is 4.02. The monoisotopic (exact) mass is 236 g/mol. The topological polar surface area (TPSA) is 15.3 Å². The van der Waals surface area contributed by atoms with Crippen LogP contribution < -0.4 is 5.32 Å². The van der Waals surface area contributed by atoms with Crippen LogP contribution in [0, 0.1) is 11.8 Å². The highest BCUT2D eigenvalue weighted by atomic mass is 15.2. The smallest absolute Gasteiger partial charge is 0.0120 e. The maximum Gasteiger partial charge on any atom is 0.0120 e. The fourth-order valence-electron chi connectivity index (χ4n) is 4.17. The van der Waals surface area contributed by atoms with E-state index in [2.05, 4.69) is 10.2 Å². The van der Waals surface area contributed by atoms with Gasteiger partial charge in [-0.05, 0) is 50.7 Å². The number of likely N-dealkylation sites (tertiary alicyclic amines) is 1. The Morgan fingerprint density at radius 1 is 1.00 bits per heavy atom. The Labute approximate surface area is 106 Å². The Hall–Kier alpha value is -0.0800. The van der Waals surface area contributed by atoms with Crippen molar-refractivity contribution in [1.82, 2.24) is 10.2 Å². The molecule has 2 atom stereocenters. The molecule has 2 saturated heterocycles.